The van der Waals surface area contributed by atoms with Crippen LogP contribution >= 0.6 is 0 Å². The Morgan fingerprint density at radius 2 is 1.52 bits per heavy atom. The number of hydrogen-bond acceptors (Lipinski definition) is 9. The van der Waals surface area contributed by atoms with Crippen molar-refractivity contribution in [1.29, 1.82) is 0 Å². The van der Waals surface area contributed by atoms with Gasteiger partial charge in [0.15, 0.2) is 5.75 Å². The Kier molecular flexibility index (Phi) is 5.51. The minimum absolute atomic E-state index is 0.107. The van der Waals surface area contributed by atoms with E-state index in [0.29, 0.717) is 11.1 Å². The van der Waals surface area contributed by atoms with Crippen molar-refractivity contribution >= 4 is 58.8 Å². The third kappa shape index (κ3) is 4.22. The fraction of sp³-hybridized carbons (Fsp3) is 0. The number of nitrogens with one attached hydrogen (secondary N) is 1. The molecule has 0 heterocycles. The molecule has 0 spiro atoms. The second-order valence-corrected chi connectivity index (χ2v) is 9.75. The lowest BCUT2D eigenvalue weighted by atomic mass is 10.1. The highest BCUT2D eigenvalue weighted by Crippen LogP contribution is 2.45. The first-order valence-electron chi connectivity index (χ1n) is 9.15. The Hall–Kier alpha value is -3.62. The predicted molar refractivity (Wildman–Crippen MR) is 121 cm³/mol. The molecular weight excluding hydrogens is 472 g/mol. The zero-order valence-corrected chi connectivity index (χ0v) is 18.2. The van der Waals surface area contributed by atoms with Gasteiger partial charge in [-0.2, -0.15) is 16.8 Å². The van der Waals surface area contributed by atoms with Crippen LogP contribution < -0.4 is 11.3 Å². The smallest absolute Gasteiger partial charge is 0.296 e. The molecule has 0 aliphatic carbocycles. The van der Waals surface area contributed by atoms with Gasteiger partial charge in [0.25, 0.3) is 20.2 Å². The number of nitrogen functional groups attached to an aromatic ring is 1. The van der Waals surface area contributed by atoms with E-state index in [4.69, 9.17) is 5.84 Å². The summed E-state index contributed by atoms with van der Waals surface area (Å²) in [6.45, 7) is 0. The molecule has 0 bridgehead atoms. The van der Waals surface area contributed by atoms with Crippen molar-refractivity contribution in [2.24, 2.45) is 16.1 Å². The molecule has 13 heteroatoms. The molecule has 4 aromatic carbocycles. The molecule has 33 heavy (non-hydrogen) atoms. The Morgan fingerprint density at radius 3 is 2.18 bits per heavy atom. The van der Waals surface area contributed by atoms with E-state index in [0.717, 1.165) is 23.6 Å². The lowest BCUT2D eigenvalue weighted by molar-refractivity contribution is 0.472. The van der Waals surface area contributed by atoms with Crippen LogP contribution in [-0.4, -0.2) is 31.0 Å². The van der Waals surface area contributed by atoms with Crippen LogP contribution in [0.25, 0.3) is 21.5 Å². The van der Waals surface area contributed by atoms with Crippen molar-refractivity contribution in [3.63, 3.8) is 0 Å². The standard InChI is InChI=1S/C20H16N4O7S2/c21-22-16-10-13(32(26,27)28)8-12-9-17(33(29,30)31)19(20(25)18(12)16)24-23-15-7-3-5-11-4-1-2-6-14(11)15/h1-10,22,25H,21H2,(H,26,27,28)(H,29,30,31). The van der Waals surface area contributed by atoms with Gasteiger partial charge in [-0.25, -0.2) is 0 Å². The second-order valence-electron chi connectivity index (χ2n) is 6.93. The number of nitrogens with zero attached hydrogens (tertiary/aromatic N) is 2. The number of anilines is 1. The van der Waals surface area contributed by atoms with E-state index in [1.165, 1.54) is 0 Å². The van der Waals surface area contributed by atoms with Crippen molar-refractivity contribution in [3.05, 3.63) is 60.7 Å². The van der Waals surface area contributed by atoms with E-state index in [1.807, 2.05) is 18.2 Å². The predicted octanol–water partition coefficient (Wildman–Crippen LogP) is 3.89. The Labute approximate surface area is 187 Å². The minimum Gasteiger partial charge on any atom is -0.505 e. The van der Waals surface area contributed by atoms with Crippen LogP contribution in [0.1, 0.15) is 0 Å². The molecule has 6 N–H and O–H groups in total. The third-order valence-corrected chi connectivity index (χ3v) is 6.58. The number of nitrogens with two attached hydrogens (primary N) is 1. The number of azo groups is 1. The lowest BCUT2D eigenvalue weighted by Gasteiger charge is -2.13. The molecule has 0 aromatic heterocycles. The van der Waals surface area contributed by atoms with E-state index in [1.54, 1.807) is 24.3 Å². The van der Waals surface area contributed by atoms with Gasteiger partial charge in [0.05, 0.1) is 21.7 Å². The molecule has 0 saturated carbocycles. The summed E-state index contributed by atoms with van der Waals surface area (Å²) in [5.74, 6) is 4.70. The highest BCUT2D eigenvalue weighted by Gasteiger charge is 2.25. The number of fused-ring (bicyclic) bond motifs is 2. The van der Waals surface area contributed by atoms with Crippen LogP contribution in [-0.2, 0) is 20.2 Å². The van der Waals surface area contributed by atoms with Crippen LogP contribution in [0.5, 0.6) is 5.75 Å². The average molecular weight is 489 g/mol. The molecule has 4 rings (SSSR count). The largest absolute Gasteiger partial charge is 0.505 e. The molecule has 4 aromatic rings. The summed E-state index contributed by atoms with van der Waals surface area (Å²) in [5.41, 5.74) is 1.81. The summed E-state index contributed by atoms with van der Waals surface area (Å²) in [4.78, 5) is -1.44. The van der Waals surface area contributed by atoms with E-state index in [9.17, 15) is 31.0 Å². The molecule has 0 fully saturated rings. The van der Waals surface area contributed by atoms with Gasteiger partial charge in [-0.15, -0.1) is 10.2 Å². The molecule has 0 atom stereocenters. The first kappa shape index (κ1) is 22.6. The van der Waals surface area contributed by atoms with Gasteiger partial charge >= 0.3 is 0 Å². The van der Waals surface area contributed by atoms with Crippen molar-refractivity contribution in [1.82, 2.24) is 0 Å². The van der Waals surface area contributed by atoms with Crippen LogP contribution in [0.4, 0.5) is 17.1 Å². The average Bonchev–Trinajstić information content (AvgIpc) is 2.76. The number of rotatable bonds is 5. The van der Waals surface area contributed by atoms with Crippen molar-refractivity contribution < 1.29 is 31.0 Å². The van der Waals surface area contributed by atoms with Gasteiger partial charge in [0.1, 0.15) is 10.6 Å². The van der Waals surface area contributed by atoms with Gasteiger partial charge in [0, 0.05) is 5.39 Å². The molecule has 0 saturated heterocycles. The Morgan fingerprint density at radius 1 is 0.818 bits per heavy atom. The first-order chi connectivity index (χ1) is 15.5. The monoisotopic (exact) mass is 488 g/mol. The molecule has 0 aliphatic rings. The number of phenolic OH excluding ortho intramolecular Hbond substituents is 1. The number of phenols is 1. The molecule has 0 unspecified atom stereocenters. The first-order valence-corrected chi connectivity index (χ1v) is 12.0. The zero-order valence-electron chi connectivity index (χ0n) is 16.5. The maximum atomic E-state index is 12.0. The Balaban J connectivity index is 2.03. The van der Waals surface area contributed by atoms with Gasteiger partial charge in [0.2, 0.25) is 0 Å². The zero-order chi connectivity index (χ0) is 24.0. The summed E-state index contributed by atoms with van der Waals surface area (Å²) >= 11 is 0. The van der Waals surface area contributed by atoms with Gasteiger partial charge in [-0.1, -0.05) is 36.4 Å². The van der Waals surface area contributed by atoms with Gasteiger partial charge < -0.3 is 10.5 Å². The van der Waals surface area contributed by atoms with Crippen molar-refractivity contribution in [3.8, 4) is 5.75 Å². The second kappa shape index (κ2) is 8.06. The summed E-state index contributed by atoms with van der Waals surface area (Å²) in [6, 6.07) is 15.2. The maximum Gasteiger partial charge on any atom is 0.296 e. The topological polar surface area (TPSA) is 192 Å². The number of benzene rings is 4. The van der Waals surface area contributed by atoms with Crippen LogP contribution in [0, 0.1) is 0 Å². The van der Waals surface area contributed by atoms with Crippen LogP contribution in [0.15, 0.2) is 80.7 Å². The summed E-state index contributed by atoms with van der Waals surface area (Å²) < 4.78 is 66.3. The molecule has 0 aliphatic heterocycles. The highest BCUT2D eigenvalue weighted by atomic mass is 32.2. The van der Waals surface area contributed by atoms with Crippen molar-refractivity contribution in [2.45, 2.75) is 9.79 Å². The number of hydrogen-bond donors (Lipinski definition) is 5. The van der Waals surface area contributed by atoms with Gasteiger partial charge in [-0.3, -0.25) is 14.9 Å². The van der Waals surface area contributed by atoms with E-state index in [-0.39, 0.29) is 16.5 Å². The van der Waals surface area contributed by atoms with E-state index < -0.39 is 41.5 Å². The molecule has 170 valence electrons. The van der Waals surface area contributed by atoms with Crippen molar-refractivity contribution in [2.75, 3.05) is 5.43 Å². The lowest BCUT2D eigenvalue weighted by Crippen LogP contribution is -2.09. The maximum absolute atomic E-state index is 12.0. The summed E-state index contributed by atoms with van der Waals surface area (Å²) in [5, 5.41) is 20.1. The minimum atomic E-state index is -4.94. The van der Waals surface area contributed by atoms with E-state index >= 15 is 0 Å². The summed E-state index contributed by atoms with van der Waals surface area (Å²) in [7, 11) is -9.64. The molecular formula is C20H16N4O7S2. The fourth-order valence-corrected chi connectivity index (χ4v) is 4.62. The van der Waals surface area contributed by atoms with Crippen LogP contribution in [0.3, 0.4) is 0 Å². The highest BCUT2D eigenvalue weighted by molar-refractivity contribution is 7.86. The fourth-order valence-electron chi connectivity index (χ4n) is 3.42. The normalized spacial score (nSPS) is 12.6. The van der Waals surface area contributed by atoms with Gasteiger partial charge in [-0.05, 0) is 35.0 Å². The molecule has 0 amide bonds. The number of aromatic hydroxyl groups is 1. The quantitative estimate of drug-likeness (QED) is 0.120. The summed E-state index contributed by atoms with van der Waals surface area (Å²) in [6.07, 6.45) is 0. The Bertz CT molecular complexity index is 1660. The van der Waals surface area contributed by atoms with Crippen LogP contribution in [0.2, 0.25) is 0 Å². The third-order valence-electron chi connectivity index (χ3n) is 4.88. The SMILES string of the molecule is NNc1cc(S(=O)(=O)O)cc2cc(S(=O)(=O)O)c(N=Nc3cccc4ccccc34)c(O)c12. The van der Waals surface area contributed by atoms with E-state index in [2.05, 4.69) is 15.7 Å². The number of hydrazine groups is 1. The molecule has 11 nitrogen and oxygen atoms in total. The molecule has 0 radical (unpaired) electrons.